The van der Waals surface area contributed by atoms with E-state index < -0.39 is 5.97 Å². The van der Waals surface area contributed by atoms with Gasteiger partial charge in [0.1, 0.15) is 0 Å². The number of carboxylic acid groups (broad SMARTS) is 1. The molecule has 4 aliphatic carbocycles. The Kier molecular flexibility index (Phi) is 3.34. The van der Waals surface area contributed by atoms with E-state index in [9.17, 15) is 9.90 Å². The summed E-state index contributed by atoms with van der Waals surface area (Å²) in [5.74, 6) is 1.75. The number of rotatable bonds is 1. The van der Waals surface area contributed by atoms with Crippen LogP contribution in [0.25, 0.3) is 0 Å². The van der Waals surface area contributed by atoms with Crippen molar-refractivity contribution in [1.29, 1.82) is 0 Å². The molecular weight excluding hydrogens is 236 g/mol. The molecule has 4 saturated carbocycles. The summed E-state index contributed by atoms with van der Waals surface area (Å²) in [6.07, 6.45) is 6.92. The van der Waals surface area contributed by atoms with Crippen molar-refractivity contribution in [3.63, 3.8) is 0 Å². The van der Waals surface area contributed by atoms with Gasteiger partial charge < -0.3 is 5.11 Å². The SMILES string of the molecule is O=C(O)C12CC3CC(CC(C3)C1)C2.c1ccccc1. The minimum Gasteiger partial charge on any atom is -0.481 e. The molecule has 0 amide bonds. The highest BCUT2D eigenvalue weighted by molar-refractivity contribution is 5.75. The van der Waals surface area contributed by atoms with E-state index in [0.29, 0.717) is 0 Å². The quantitative estimate of drug-likeness (QED) is 0.827. The Labute approximate surface area is 114 Å². The van der Waals surface area contributed by atoms with Gasteiger partial charge in [-0.1, -0.05) is 36.4 Å². The van der Waals surface area contributed by atoms with Crippen molar-refractivity contribution in [1.82, 2.24) is 0 Å². The minimum absolute atomic E-state index is 0.283. The Hall–Kier alpha value is -1.31. The van der Waals surface area contributed by atoms with Gasteiger partial charge in [-0.2, -0.15) is 0 Å². The zero-order valence-corrected chi connectivity index (χ0v) is 11.3. The molecule has 0 saturated heterocycles. The summed E-state index contributed by atoms with van der Waals surface area (Å²) >= 11 is 0. The molecule has 0 heterocycles. The number of carbonyl (C=O) groups is 1. The third kappa shape index (κ3) is 2.54. The van der Waals surface area contributed by atoms with E-state index in [1.165, 1.54) is 19.3 Å². The van der Waals surface area contributed by atoms with Crippen molar-refractivity contribution in [3.8, 4) is 0 Å². The Morgan fingerprint density at radius 1 is 0.789 bits per heavy atom. The highest BCUT2D eigenvalue weighted by Gasteiger charge is 2.54. The average Bonchev–Trinajstić information content (AvgIpc) is 2.40. The predicted octanol–water partition coefficient (Wildman–Crippen LogP) is 3.97. The first-order valence-electron chi connectivity index (χ1n) is 7.41. The maximum absolute atomic E-state index is 11.3. The molecular formula is C17H22O2. The molecule has 1 aromatic carbocycles. The molecule has 4 fully saturated rings. The molecule has 0 aliphatic heterocycles. The van der Waals surface area contributed by atoms with Crippen LogP contribution in [0.15, 0.2) is 36.4 Å². The van der Waals surface area contributed by atoms with Crippen molar-refractivity contribution in [2.24, 2.45) is 23.2 Å². The van der Waals surface area contributed by atoms with Crippen molar-refractivity contribution >= 4 is 5.97 Å². The maximum atomic E-state index is 11.3. The molecule has 4 bridgehead atoms. The lowest BCUT2D eigenvalue weighted by molar-refractivity contribution is -0.164. The molecule has 0 unspecified atom stereocenters. The third-order valence-electron chi connectivity index (χ3n) is 5.16. The Balaban J connectivity index is 0.000000155. The van der Waals surface area contributed by atoms with Crippen LogP contribution in [-0.2, 0) is 4.79 Å². The van der Waals surface area contributed by atoms with Crippen LogP contribution in [0.1, 0.15) is 38.5 Å². The number of aliphatic carboxylic acids is 1. The van der Waals surface area contributed by atoms with Crippen LogP contribution >= 0.6 is 0 Å². The number of hydrogen-bond acceptors (Lipinski definition) is 1. The van der Waals surface area contributed by atoms with E-state index in [4.69, 9.17) is 0 Å². The minimum atomic E-state index is -0.508. The molecule has 19 heavy (non-hydrogen) atoms. The first kappa shape index (κ1) is 12.7. The summed E-state index contributed by atoms with van der Waals surface area (Å²) in [6, 6.07) is 12.0. The topological polar surface area (TPSA) is 37.3 Å². The maximum Gasteiger partial charge on any atom is 0.309 e. The summed E-state index contributed by atoms with van der Waals surface area (Å²) in [5.41, 5.74) is -0.283. The molecule has 5 rings (SSSR count). The van der Waals surface area contributed by atoms with Crippen LogP contribution < -0.4 is 0 Å². The molecule has 2 heteroatoms. The van der Waals surface area contributed by atoms with Gasteiger partial charge >= 0.3 is 5.97 Å². The van der Waals surface area contributed by atoms with Gasteiger partial charge in [-0.05, 0) is 56.3 Å². The standard InChI is InChI=1S/C11H16O2.C6H6/c12-10(13)11-4-7-1-8(5-11)3-9(2-7)6-11;1-2-4-6-5-3-1/h7-9H,1-6H2,(H,12,13);1-6H. The van der Waals surface area contributed by atoms with Crippen molar-refractivity contribution in [2.75, 3.05) is 0 Å². The van der Waals surface area contributed by atoms with Crippen LogP contribution in [0.5, 0.6) is 0 Å². The van der Waals surface area contributed by atoms with Gasteiger partial charge in [-0.25, -0.2) is 0 Å². The van der Waals surface area contributed by atoms with Gasteiger partial charge in [0.2, 0.25) is 0 Å². The van der Waals surface area contributed by atoms with Gasteiger partial charge in [-0.15, -0.1) is 0 Å². The smallest absolute Gasteiger partial charge is 0.309 e. The van der Waals surface area contributed by atoms with Crippen molar-refractivity contribution < 1.29 is 9.90 Å². The van der Waals surface area contributed by atoms with Gasteiger partial charge in [0.05, 0.1) is 5.41 Å². The van der Waals surface area contributed by atoms with E-state index in [1.807, 2.05) is 36.4 Å². The summed E-state index contributed by atoms with van der Waals surface area (Å²) in [7, 11) is 0. The van der Waals surface area contributed by atoms with Gasteiger partial charge in [0.15, 0.2) is 0 Å². The van der Waals surface area contributed by atoms with Gasteiger partial charge in [0.25, 0.3) is 0 Å². The molecule has 0 radical (unpaired) electrons. The molecule has 0 atom stereocenters. The highest BCUT2D eigenvalue weighted by atomic mass is 16.4. The molecule has 2 nitrogen and oxygen atoms in total. The first-order valence-corrected chi connectivity index (χ1v) is 7.41. The molecule has 4 aliphatic rings. The van der Waals surface area contributed by atoms with Gasteiger partial charge in [-0.3, -0.25) is 4.79 Å². The van der Waals surface area contributed by atoms with Crippen LogP contribution in [0.4, 0.5) is 0 Å². The molecule has 1 N–H and O–H groups in total. The lowest BCUT2D eigenvalue weighted by Gasteiger charge is -2.54. The Morgan fingerprint density at radius 2 is 1.11 bits per heavy atom. The van der Waals surface area contributed by atoms with Crippen LogP contribution in [0, 0.1) is 23.2 Å². The fourth-order valence-corrected chi connectivity index (χ4v) is 4.76. The van der Waals surface area contributed by atoms with E-state index in [1.54, 1.807) is 0 Å². The van der Waals surface area contributed by atoms with Gasteiger partial charge in [0, 0.05) is 0 Å². The zero-order chi connectivity index (χ0) is 13.3. The number of carboxylic acids is 1. The third-order valence-corrected chi connectivity index (χ3v) is 5.16. The van der Waals surface area contributed by atoms with Crippen LogP contribution in [0.3, 0.4) is 0 Å². The largest absolute Gasteiger partial charge is 0.481 e. The van der Waals surface area contributed by atoms with Crippen molar-refractivity contribution in [3.05, 3.63) is 36.4 Å². The second kappa shape index (κ2) is 4.99. The van der Waals surface area contributed by atoms with Crippen LogP contribution in [0.2, 0.25) is 0 Å². The Bertz CT molecular complexity index is 376. The zero-order valence-electron chi connectivity index (χ0n) is 11.3. The molecule has 0 aromatic heterocycles. The molecule has 1 aromatic rings. The average molecular weight is 258 g/mol. The molecule has 0 spiro atoms. The first-order chi connectivity index (χ1) is 9.18. The van der Waals surface area contributed by atoms with E-state index in [0.717, 1.165) is 37.0 Å². The monoisotopic (exact) mass is 258 g/mol. The fourth-order valence-electron chi connectivity index (χ4n) is 4.76. The normalized spacial score (nSPS) is 38.4. The summed E-state index contributed by atoms with van der Waals surface area (Å²) in [5, 5.41) is 9.28. The second-order valence-electron chi connectivity index (χ2n) is 6.66. The lowest BCUT2D eigenvalue weighted by atomic mass is 9.49. The van der Waals surface area contributed by atoms with E-state index >= 15 is 0 Å². The van der Waals surface area contributed by atoms with E-state index in [-0.39, 0.29) is 5.41 Å². The number of benzene rings is 1. The van der Waals surface area contributed by atoms with Crippen LogP contribution in [-0.4, -0.2) is 11.1 Å². The van der Waals surface area contributed by atoms with Crippen molar-refractivity contribution in [2.45, 2.75) is 38.5 Å². The van der Waals surface area contributed by atoms with E-state index in [2.05, 4.69) is 0 Å². The summed E-state index contributed by atoms with van der Waals surface area (Å²) in [6.45, 7) is 0. The summed E-state index contributed by atoms with van der Waals surface area (Å²) in [4.78, 5) is 11.3. The number of hydrogen-bond donors (Lipinski definition) is 1. The highest BCUT2D eigenvalue weighted by Crippen LogP contribution is 2.59. The fraction of sp³-hybridized carbons (Fsp3) is 0.588. The lowest BCUT2D eigenvalue weighted by Crippen LogP contribution is -2.49. The Morgan fingerprint density at radius 3 is 1.37 bits per heavy atom. The molecule has 102 valence electrons. The predicted molar refractivity (Wildman–Crippen MR) is 74.7 cm³/mol. The second-order valence-corrected chi connectivity index (χ2v) is 6.66. The summed E-state index contributed by atoms with van der Waals surface area (Å²) < 4.78 is 0.